The Morgan fingerprint density at radius 3 is 2.36 bits per heavy atom. The van der Waals surface area contributed by atoms with E-state index in [1.54, 1.807) is 40.1 Å². The number of rotatable bonds is 7. The Balaban J connectivity index is 1.48. The molecule has 8 nitrogen and oxygen atoms in total. The number of carbonyl (C=O) groups is 2. The van der Waals surface area contributed by atoms with Crippen molar-refractivity contribution in [1.29, 1.82) is 0 Å². The van der Waals surface area contributed by atoms with Crippen LogP contribution < -0.4 is 0 Å². The van der Waals surface area contributed by atoms with Gasteiger partial charge in [0, 0.05) is 50.4 Å². The molecule has 4 rings (SSSR count). The first-order valence-electron chi connectivity index (χ1n) is 11.2. The minimum absolute atomic E-state index is 0.129. The number of piperazine rings is 1. The normalized spacial score (nSPS) is 14.5. The predicted octanol–water partition coefficient (Wildman–Crippen LogP) is 3.41. The van der Waals surface area contributed by atoms with Gasteiger partial charge in [0.15, 0.2) is 11.5 Å². The number of carbonyl (C=O) groups excluding carboxylic acids is 2. The van der Waals surface area contributed by atoms with Gasteiger partial charge in [-0.2, -0.15) is 5.10 Å². The molecular formula is C24H28ClN5O3. The van der Waals surface area contributed by atoms with Gasteiger partial charge in [-0.25, -0.2) is 4.68 Å². The van der Waals surface area contributed by atoms with Gasteiger partial charge in [0.25, 0.3) is 5.91 Å². The van der Waals surface area contributed by atoms with Gasteiger partial charge in [0.05, 0.1) is 18.5 Å². The van der Waals surface area contributed by atoms with E-state index >= 15 is 0 Å². The van der Waals surface area contributed by atoms with E-state index in [1.807, 2.05) is 36.9 Å². The predicted molar refractivity (Wildman–Crippen MR) is 127 cm³/mol. The number of likely N-dealkylation sites (N-methyl/N-ethyl adjacent to an activating group) is 1. The van der Waals surface area contributed by atoms with Crippen molar-refractivity contribution >= 4 is 23.4 Å². The highest BCUT2D eigenvalue weighted by molar-refractivity contribution is 6.30. The van der Waals surface area contributed by atoms with Gasteiger partial charge in [-0.3, -0.25) is 14.5 Å². The monoisotopic (exact) mass is 469 g/mol. The number of hydrogen-bond acceptors (Lipinski definition) is 5. The van der Waals surface area contributed by atoms with Crippen LogP contribution in [0.4, 0.5) is 0 Å². The van der Waals surface area contributed by atoms with Crippen molar-refractivity contribution in [3.05, 3.63) is 59.4 Å². The summed E-state index contributed by atoms with van der Waals surface area (Å²) in [6.45, 7) is 8.18. The van der Waals surface area contributed by atoms with Crippen molar-refractivity contribution in [1.82, 2.24) is 24.5 Å². The van der Waals surface area contributed by atoms with Crippen LogP contribution in [0.2, 0.25) is 5.02 Å². The van der Waals surface area contributed by atoms with E-state index in [9.17, 15) is 9.59 Å². The molecule has 0 saturated carbocycles. The highest BCUT2D eigenvalue weighted by Gasteiger charge is 2.27. The van der Waals surface area contributed by atoms with Crippen molar-refractivity contribution in [2.75, 3.05) is 45.8 Å². The van der Waals surface area contributed by atoms with Gasteiger partial charge in [-0.15, -0.1) is 0 Å². The molecule has 1 saturated heterocycles. The minimum atomic E-state index is -0.134. The van der Waals surface area contributed by atoms with Crippen molar-refractivity contribution in [2.24, 2.45) is 0 Å². The van der Waals surface area contributed by atoms with Crippen LogP contribution in [0.3, 0.4) is 0 Å². The molecule has 2 amide bonds. The Morgan fingerprint density at radius 2 is 1.76 bits per heavy atom. The van der Waals surface area contributed by atoms with Gasteiger partial charge < -0.3 is 14.2 Å². The molecule has 1 fully saturated rings. The summed E-state index contributed by atoms with van der Waals surface area (Å²) in [4.78, 5) is 31.4. The fraction of sp³-hybridized carbons (Fsp3) is 0.375. The topological polar surface area (TPSA) is 74.8 Å². The fourth-order valence-corrected chi connectivity index (χ4v) is 4.13. The summed E-state index contributed by atoms with van der Waals surface area (Å²) in [6, 6.07) is 12.7. The first kappa shape index (κ1) is 23.1. The van der Waals surface area contributed by atoms with Gasteiger partial charge in [0.2, 0.25) is 5.91 Å². The quantitative estimate of drug-likeness (QED) is 0.530. The van der Waals surface area contributed by atoms with E-state index in [2.05, 4.69) is 10.00 Å². The van der Waals surface area contributed by atoms with Gasteiger partial charge >= 0.3 is 0 Å². The van der Waals surface area contributed by atoms with Crippen molar-refractivity contribution in [3.8, 4) is 17.1 Å². The second-order valence-electron chi connectivity index (χ2n) is 7.91. The van der Waals surface area contributed by atoms with E-state index in [4.69, 9.17) is 16.0 Å². The van der Waals surface area contributed by atoms with Crippen LogP contribution >= 0.6 is 11.6 Å². The molecule has 0 N–H and O–H groups in total. The zero-order valence-electron chi connectivity index (χ0n) is 18.9. The zero-order valence-corrected chi connectivity index (χ0v) is 19.7. The third kappa shape index (κ3) is 5.12. The Morgan fingerprint density at radius 1 is 1.06 bits per heavy atom. The Hall–Kier alpha value is -3.10. The summed E-state index contributed by atoms with van der Waals surface area (Å²) in [5.74, 6) is 0.617. The summed E-state index contributed by atoms with van der Waals surface area (Å²) in [7, 11) is 0. The number of aromatic nitrogens is 2. The van der Waals surface area contributed by atoms with Crippen molar-refractivity contribution in [3.63, 3.8) is 0 Å². The molecule has 0 radical (unpaired) electrons. The maximum Gasteiger partial charge on any atom is 0.274 e. The molecule has 0 atom stereocenters. The average Bonchev–Trinajstić information content (AvgIpc) is 3.51. The molecule has 0 unspecified atom stereocenters. The summed E-state index contributed by atoms with van der Waals surface area (Å²) >= 11 is 6.04. The lowest BCUT2D eigenvalue weighted by Gasteiger charge is -2.34. The first-order chi connectivity index (χ1) is 16.0. The summed E-state index contributed by atoms with van der Waals surface area (Å²) < 4.78 is 7.27. The Kier molecular flexibility index (Phi) is 7.15. The molecule has 3 heterocycles. The lowest BCUT2D eigenvalue weighted by Crippen LogP contribution is -2.51. The number of amides is 2. The molecule has 0 aliphatic carbocycles. The fourth-order valence-electron chi connectivity index (χ4n) is 4.00. The van der Waals surface area contributed by atoms with E-state index < -0.39 is 0 Å². The highest BCUT2D eigenvalue weighted by atomic mass is 35.5. The van der Waals surface area contributed by atoms with Crippen LogP contribution in [0.1, 0.15) is 24.3 Å². The second kappa shape index (κ2) is 10.2. The maximum atomic E-state index is 13.3. The second-order valence-corrected chi connectivity index (χ2v) is 8.35. The number of nitrogens with zero attached hydrogens (tertiary/aromatic N) is 5. The van der Waals surface area contributed by atoms with Crippen LogP contribution in [0.25, 0.3) is 17.1 Å². The highest BCUT2D eigenvalue weighted by Crippen LogP contribution is 2.26. The molecule has 0 spiro atoms. The third-order valence-electron chi connectivity index (χ3n) is 5.91. The van der Waals surface area contributed by atoms with Crippen LogP contribution in [0, 0.1) is 0 Å². The molecule has 1 aromatic carbocycles. The molecule has 9 heteroatoms. The number of halogens is 1. The standard InChI is InChI=1S/C24H28ClN5O3/c1-3-28(4-2)23(31)17-27-11-13-29(14-12-27)24(32)20-16-21(22-6-5-15-33-22)30(26-20)19-9-7-18(25)8-10-19/h5-10,15-16H,3-4,11-14,17H2,1-2H3. The molecule has 3 aromatic rings. The van der Waals surface area contributed by atoms with E-state index in [-0.39, 0.29) is 11.8 Å². The van der Waals surface area contributed by atoms with Crippen molar-refractivity contribution in [2.45, 2.75) is 13.8 Å². The number of benzene rings is 1. The maximum absolute atomic E-state index is 13.3. The summed E-state index contributed by atoms with van der Waals surface area (Å²) in [5, 5.41) is 5.23. The smallest absolute Gasteiger partial charge is 0.274 e. The number of hydrogen-bond donors (Lipinski definition) is 0. The lowest BCUT2D eigenvalue weighted by atomic mass is 10.2. The summed E-state index contributed by atoms with van der Waals surface area (Å²) in [5.41, 5.74) is 1.82. The molecule has 1 aliphatic heterocycles. The zero-order chi connectivity index (χ0) is 23.4. The van der Waals surface area contributed by atoms with Gasteiger partial charge in [-0.05, 0) is 50.2 Å². The van der Waals surface area contributed by atoms with Crippen LogP contribution in [0.5, 0.6) is 0 Å². The molecule has 0 bridgehead atoms. The summed E-state index contributed by atoms with van der Waals surface area (Å²) in [6.07, 6.45) is 1.59. The Bertz CT molecular complexity index is 1080. The van der Waals surface area contributed by atoms with E-state index in [1.165, 1.54) is 0 Å². The largest absolute Gasteiger partial charge is 0.463 e. The third-order valence-corrected chi connectivity index (χ3v) is 6.16. The van der Waals surface area contributed by atoms with Gasteiger partial charge in [0.1, 0.15) is 5.69 Å². The van der Waals surface area contributed by atoms with Gasteiger partial charge in [-0.1, -0.05) is 11.6 Å². The van der Waals surface area contributed by atoms with Crippen LogP contribution in [-0.2, 0) is 4.79 Å². The molecule has 33 heavy (non-hydrogen) atoms. The number of furan rings is 1. The first-order valence-corrected chi connectivity index (χ1v) is 11.6. The van der Waals surface area contributed by atoms with Crippen LogP contribution in [0.15, 0.2) is 53.1 Å². The molecule has 1 aliphatic rings. The molecular weight excluding hydrogens is 442 g/mol. The van der Waals surface area contributed by atoms with Crippen LogP contribution in [-0.4, -0.2) is 82.1 Å². The molecule has 2 aromatic heterocycles. The Labute approximate surface area is 198 Å². The SMILES string of the molecule is CCN(CC)C(=O)CN1CCN(C(=O)c2cc(-c3ccco3)n(-c3ccc(Cl)cc3)n2)CC1. The average molecular weight is 470 g/mol. The van der Waals surface area contributed by atoms with Crippen molar-refractivity contribution < 1.29 is 14.0 Å². The molecule has 174 valence electrons. The van der Waals surface area contributed by atoms with E-state index in [0.29, 0.717) is 68.0 Å². The minimum Gasteiger partial charge on any atom is -0.463 e. The lowest BCUT2D eigenvalue weighted by molar-refractivity contribution is -0.132. The van der Waals surface area contributed by atoms with E-state index in [0.717, 1.165) is 5.69 Å².